The molecule has 4 fully saturated rings. The van der Waals surface area contributed by atoms with Gasteiger partial charge in [0.25, 0.3) is 0 Å². The topological polar surface area (TPSA) is 137 Å². The number of likely N-dealkylation sites (tertiary alicyclic amines) is 1. The largest absolute Gasteiger partial charge is 0.495 e. The van der Waals surface area contributed by atoms with E-state index in [-0.39, 0.29) is 17.9 Å². The van der Waals surface area contributed by atoms with Gasteiger partial charge < -0.3 is 18.6 Å². The van der Waals surface area contributed by atoms with E-state index in [9.17, 15) is 14.4 Å². The van der Waals surface area contributed by atoms with E-state index in [2.05, 4.69) is 6.07 Å². The molecule has 0 spiro atoms. The fourth-order valence-corrected chi connectivity index (χ4v) is 7.71. The SMILES string of the molecule is COC(=O)C1CCN1C(=O)OC1CCC(C(=O)N(CC2CCC(c3ccc(OC)c(C)n3)CC2)c2cc(-c3coc(C4CC4)n3)ccn2)CC1. The van der Waals surface area contributed by atoms with Crippen LogP contribution >= 0.6 is 0 Å². The molecule has 4 heterocycles. The monoisotopic (exact) mass is 685 g/mol. The van der Waals surface area contributed by atoms with Crippen molar-refractivity contribution in [2.75, 3.05) is 32.2 Å². The number of aryl methyl sites for hydroxylation is 1. The number of rotatable bonds is 10. The summed E-state index contributed by atoms with van der Waals surface area (Å²) in [4.78, 5) is 56.8. The van der Waals surface area contributed by atoms with E-state index in [1.807, 2.05) is 30.0 Å². The summed E-state index contributed by atoms with van der Waals surface area (Å²) in [5.41, 5.74) is 3.64. The fourth-order valence-electron chi connectivity index (χ4n) is 7.71. The third-order valence-electron chi connectivity index (χ3n) is 11.0. The minimum absolute atomic E-state index is 0.0568. The maximum Gasteiger partial charge on any atom is 0.410 e. The minimum Gasteiger partial charge on any atom is -0.495 e. The highest BCUT2D eigenvalue weighted by atomic mass is 16.6. The van der Waals surface area contributed by atoms with Gasteiger partial charge in [0.1, 0.15) is 35.7 Å². The molecule has 4 aliphatic rings. The summed E-state index contributed by atoms with van der Waals surface area (Å²) in [5.74, 6) is 2.74. The van der Waals surface area contributed by atoms with Gasteiger partial charge in [-0.2, -0.15) is 0 Å². The summed E-state index contributed by atoms with van der Waals surface area (Å²) in [6.07, 6.45) is 11.8. The van der Waals surface area contributed by atoms with Crippen LogP contribution in [0.1, 0.15) is 99.7 Å². The highest BCUT2D eigenvalue weighted by Crippen LogP contribution is 2.41. The Labute approximate surface area is 292 Å². The fraction of sp³-hybridized carbons (Fsp3) is 0.579. The Kier molecular flexibility index (Phi) is 10.1. The molecule has 3 saturated carbocycles. The first-order valence-corrected chi connectivity index (χ1v) is 18.1. The normalized spacial score (nSPS) is 24.9. The summed E-state index contributed by atoms with van der Waals surface area (Å²) in [7, 11) is 2.99. The number of pyridine rings is 2. The number of esters is 1. The molecule has 0 N–H and O–H groups in total. The number of nitrogens with zero attached hydrogens (tertiary/aromatic N) is 5. The zero-order valence-electron chi connectivity index (χ0n) is 29.2. The van der Waals surface area contributed by atoms with Crippen molar-refractivity contribution in [3.63, 3.8) is 0 Å². The lowest BCUT2D eigenvalue weighted by Gasteiger charge is -2.39. The van der Waals surface area contributed by atoms with Crippen molar-refractivity contribution in [1.29, 1.82) is 0 Å². The molecule has 7 rings (SSSR count). The van der Waals surface area contributed by atoms with E-state index in [4.69, 9.17) is 33.6 Å². The summed E-state index contributed by atoms with van der Waals surface area (Å²) in [6, 6.07) is 7.38. The molecule has 3 aromatic heterocycles. The molecule has 266 valence electrons. The lowest BCUT2D eigenvalue weighted by Crippen LogP contribution is -2.56. The van der Waals surface area contributed by atoms with Crippen LogP contribution in [0.3, 0.4) is 0 Å². The molecule has 0 bridgehead atoms. The predicted octanol–water partition coefficient (Wildman–Crippen LogP) is 6.58. The Balaban J connectivity index is 1.03. The van der Waals surface area contributed by atoms with Gasteiger partial charge in [-0.15, -0.1) is 0 Å². The van der Waals surface area contributed by atoms with E-state index in [1.54, 1.807) is 19.6 Å². The van der Waals surface area contributed by atoms with Gasteiger partial charge in [-0.25, -0.2) is 19.6 Å². The zero-order chi connectivity index (χ0) is 34.8. The molecular weight excluding hydrogens is 638 g/mol. The van der Waals surface area contributed by atoms with Gasteiger partial charge in [0.05, 0.1) is 19.9 Å². The second-order valence-corrected chi connectivity index (χ2v) is 14.3. The second kappa shape index (κ2) is 14.8. The molecule has 3 aromatic rings. The Bertz CT molecular complexity index is 1690. The van der Waals surface area contributed by atoms with Crippen LogP contribution in [-0.2, 0) is 19.1 Å². The molecule has 0 radical (unpaired) electrons. The summed E-state index contributed by atoms with van der Waals surface area (Å²) >= 11 is 0. The van der Waals surface area contributed by atoms with Crippen molar-refractivity contribution in [3.05, 3.63) is 54.0 Å². The minimum atomic E-state index is -0.577. The maximum atomic E-state index is 14.4. The standard InChI is InChI=1S/C38H47N5O7/c1-23-33(47-2)15-14-30(40-23)25-6-4-24(5-7-25)21-43(34-20-28(16-18-39-34)31-22-49-35(41-31)26-8-9-26)36(44)27-10-12-29(13-11-27)50-38(46)42-19-17-32(42)37(45)48-3/h14-16,18,20,22,24-27,29,32H,4-13,17,19,21H2,1-3H3. The summed E-state index contributed by atoms with van der Waals surface area (Å²) < 4.78 is 21.8. The first-order valence-electron chi connectivity index (χ1n) is 18.1. The number of carbonyl (C=O) groups is 3. The third kappa shape index (κ3) is 7.34. The van der Waals surface area contributed by atoms with Crippen LogP contribution in [0.4, 0.5) is 10.6 Å². The number of oxazole rings is 1. The van der Waals surface area contributed by atoms with Crippen LogP contribution in [0.2, 0.25) is 0 Å². The molecule has 50 heavy (non-hydrogen) atoms. The van der Waals surface area contributed by atoms with Crippen molar-refractivity contribution < 1.29 is 33.0 Å². The average Bonchev–Trinajstić information content (AvgIpc) is 3.86. The van der Waals surface area contributed by atoms with Crippen molar-refractivity contribution in [3.8, 4) is 17.0 Å². The van der Waals surface area contributed by atoms with E-state index in [0.29, 0.717) is 68.8 Å². The van der Waals surface area contributed by atoms with Crippen LogP contribution in [-0.4, -0.2) is 77.3 Å². The molecule has 0 aromatic carbocycles. The molecule has 1 saturated heterocycles. The van der Waals surface area contributed by atoms with Gasteiger partial charge in [-0.3, -0.25) is 19.6 Å². The third-order valence-corrected chi connectivity index (χ3v) is 11.0. The maximum absolute atomic E-state index is 14.4. The first-order chi connectivity index (χ1) is 24.3. The molecular formula is C38H47N5O7. The first kappa shape index (κ1) is 34.0. The number of amides is 2. The van der Waals surface area contributed by atoms with Gasteiger partial charge in [-0.05, 0) is 108 Å². The molecule has 1 unspecified atom stereocenters. The zero-order valence-corrected chi connectivity index (χ0v) is 29.2. The van der Waals surface area contributed by atoms with Gasteiger partial charge in [0, 0.05) is 48.3 Å². The van der Waals surface area contributed by atoms with Crippen molar-refractivity contribution in [1.82, 2.24) is 19.9 Å². The smallest absolute Gasteiger partial charge is 0.410 e. The molecule has 2 amide bonds. The van der Waals surface area contributed by atoms with Crippen LogP contribution in [0.5, 0.6) is 5.75 Å². The Morgan fingerprint density at radius 1 is 0.920 bits per heavy atom. The Hall–Kier alpha value is -4.48. The van der Waals surface area contributed by atoms with E-state index >= 15 is 0 Å². The average molecular weight is 686 g/mol. The van der Waals surface area contributed by atoms with E-state index in [0.717, 1.165) is 72.8 Å². The Morgan fingerprint density at radius 2 is 1.68 bits per heavy atom. The van der Waals surface area contributed by atoms with Crippen molar-refractivity contribution >= 4 is 23.8 Å². The molecule has 1 aliphatic heterocycles. The lowest BCUT2D eigenvalue weighted by molar-refractivity contribution is -0.151. The highest BCUT2D eigenvalue weighted by molar-refractivity contribution is 5.94. The molecule has 12 nitrogen and oxygen atoms in total. The summed E-state index contributed by atoms with van der Waals surface area (Å²) in [6.45, 7) is 3.04. The number of ether oxygens (including phenoxy) is 3. The quantitative estimate of drug-likeness (QED) is 0.215. The second-order valence-electron chi connectivity index (χ2n) is 14.3. The van der Waals surface area contributed by atoms with Crippen molar-refractivity contribution in [2.24, 2.45) is 11.8 Å². The van der Waals surface area contributed by atoms with Crippen LogP contribution in [0, 0.1) is 18.8 Å². The van der Waals surface area contributed by atoms with Gasteiger partial charge in [0.2, 0.25) is 5.91 Å². The van der Waals surface area contributed by atoms with Crippen LogP contribution in [0.15, 0.2) is 41.1 Å². The molecule has 1 atom stereocenters. The van der Waals surface area contributed by atoms with Crippen molar-refractivity contribution in [2.45, 2.75) is 102 Å². The van der Waals surface area contributed by atoms with Crippen LogP contribution < -0.4 is 9.64 Å². The molecule has 3 aliphatic carbocycles. The number of carbonyl (C=O) groups excluding carboxylic acids is 3. The summed E-state index contributed by atoms with van der Waals surface area (Å²) in [5, 5.41) is 0. The van der Waals surface area contributed by atoms with Gasteiger partial charge >= 0.3 is 12.1 Å². The highest BCUT2D eigenvalue weighted by Gasteiger charge is 2.41. The van der Waals surface area contributed by atoms with E-state index < -0.39 is 18.1 Å². The molecule has 12 heteroatoms. The van der Waals surface area contributed by atoms with Gasteiger partial charge in [-0.1, -0.05) is 0 Å². The predicted molar refractivity (Wildman–Crippen MR) is 184 cm³/mol. The van der Waals surface area contributed by atoms with Gasteiger partial charge in [0.15, 0.2) is 5.89 Å². The number of methoxy groups -OCH3 is 2. The number of aromatic nitrogens is 3. The number of hydrogen-bond acceptors (Lipinski definition) is 10. The number of anilines is 1. The Morgan fingerprint density at radius 3 is 2.34 bits per heavy atom. The van der Waals surface area contributed by atoms with E-state index in [1.165, 1.54) is 12.0 Å². The van der Waals surface area contributed by atoms with Crippen LogP contribution in [0.25, 0.3) is 11.3 Å². The number of hydrogen-bond donors (Lipinski definition) is 0. The lowest BCUT2D eigenvalue weighted by atomic mass is 9.79.